The summed E-state index contributed by atoms with van der Waals surface area (Å²) in [6, 6.07) is 3.89. The molecule has 1 amide bonds. The molecule has 1 atom stereocenters. The molecule has 0 saturated carbocycles. The summed E-state index contributed by atoms with van der Waals surface area (Å²) in [4.78, 5) is 35.4. The molecule has 2 aliphatic rings. The van der Waals surface area contributed by atoms with Gasteiger partial charge < -0.3 is 9.88 Å². The van der Waals surface area contributed by atoms with Gasteiger partial charge >= 0.3 is 0 Å². The molecule has 0 aromatic carbocycles. The van der Waals surface area contributed by atoms with Crippen LogP contribution in [0.2, 0.25) is 0 Å². The van der Waals surface area contributed by atoms with Crippen molar-refractivity contribution in [3.8, 4) is 0 Å². The van der Waals surface area contributed by atoms with Crippen LogP contribution in [-0.4, -0.2) is 59.4 Å². The largest absolute Gasteiger partial charge is 0.342 e. The Bertz CT molecular complexity index is 1050. The highest BCUT2D eigenvalue weighted by Gasteiger charge is 2.31. The highest BCUT2D eigenvalue weighted by molar-refractivity contribution is 7.88. The first-order chi connectivity index (χ1) is 13.3. The van der Waals surface area contributed by atoms with Crippen LogP contribution in [0.1, 0.15) is 34.3 Å². The Kier molecular flexibility index (Phi) is 5.11. The number of hydrogen-bond acceptors (Lipinski definition) is 6. The second-order valence-electron chi connectivity index (χ2n) is 7.30. The molecule has 2 aliphatic heterocycles. The molecule has 0 aliphatic carbocycles. The molecule has 0 spiro atoms. The number of carbonyl (C=O) groups is 1. The number of H-pyrrole nitrogens is 1. The summed E-state index contributed by atoms with van der Waals surface area (Å²) in [6.45, 7) is 1.59. The molecular formula is C18H22N4O4S2. The normalized spacial score (nSPS) is 20.3. The van der Waals surface area contributed by atoms with Crippen molar-refractivity contribution in [2.75, 3.05) is 25.9 Å². The number of fused-ring (bicyclic) bond motifs is 1. The number of thiophene rings is 1. The van der Waals surface area contributed by atoms with Crippen LogP contribution in [-0.2, 0) is 34.2 Å². The Morgan fingerprint density at radius 1 is 1.39 bits per heavy atom. The Labute approximate surface area is 167 Å². The molecule has 28 heavy (non-hydrogen) atoms. The number of aromatic nitrogens is 2. The summed E-state index contributed by atoms with van der Waals surface area (Å²) in [5.41, 5.74) is 0.808. The molecule has 8 nitrogen and oxygen atoms in total. The molecule has 1 fully saturated rings. The highest BCUT2D eigenvalue weighted by Crippen LogP contribution is 2.26. The maximum Gasteiger partial charge on any atom is 0.255 e. The van der Waals surface area contributed by atoms with Gasteiger partial charge in [0.25, 0.3) is 5.56 Å². The summed E-state index contributed by atoms with van der Waals surface area (Å²) in [5, 5.41) is 1.96. The first-order valence-corrected chi connectivity index (χ1v) is 11.9. The fraction of sp³-hybridized carbons (Fsp3) is 0.500. The number of carbonyl (C=O) groups excluding carboxylic acids is 1. The molecule has 0 radical (unpaired) electrons. The zero-order chi connectivity index (χ0) is 19.9. The van der Waals surface area contributed by atoms with E-state index in [0.717, 1.165) is 17.6 Å². The summed E-state index contributed by atoms with van der Waals surface area (Å²) in [5.74, 6) is 0.690. The number of likely N-dealkylation sites (tertiary alicyclic amines) is 1. The molecule has 10 heteroatoms. The van der Waals surface area contributed by atoms with E-state index in [4.69, 9.17) is 0 Å². The lowest BCUT2D eigenvalue weighted by molar-refractivity contribution is -0.129. The van der Waals surface area contributed by atoms with Crippen LogP contribution in [0.15, 0.2) is 22.3 Å². The van der Waals surface area contributed by atoms with Crippen molar-refractivity contribution in [2.24, 2.45) is 0 Å². The van der Waals surface area contributed by atoms with Crippen LogP contribution in [0.25, 0.3) is 0 Å². The number of nitrogens with one attached hydrogen (secondary N) is 1. The van der Waals surface area contributed by atoms with Crippen LogP contribution in [0.5, 0.6) is 0 Å². The van der Waals surface area contributed by atoms with Gasteiger partial charge in [-0.15, -0.1) is 11.3 Å². The van der Waals surface area contributed by atoms with E-state index < -0.39 is 10.0 Å². The van der Waals surface area contributed by atoms with Crippen molar-refractivity contribution in [3.05, 3.63) is 49.8 Å². The monoisotopic (exact) mass is 422 g/mol. The summed E-state index contributed by atoms with van der Waals surface area (Å²) >= 11 is 1.57. The molecule has 2 aromatic heterocycles. The van der Waals surface area contributed by atoms with Crippen LogP contribution in [0.3, 0.4) is 0 Å². The lowest BCUT2D eigenvalue weighted by Crippen LogP contribution is -2.39. The Hall–Kier alpha value is -2.04. The third-order valence-corrected chi connectivity index (χ3v) is 7.48. The van der Waals surface area contributed by atoms with Gasteiger partial charge in [-0.3, -0.25) is 9.59 Å². The van der Waals surface area contributed by atoms with Gasteiger partial charge in [-0.25, -0.2) is 13.4 Å². The van der Waals surface area contributed by atoms with Crippen molar-refractivity contribution in [2.45, 2.75) is 31.7 Å². The average molecular weight is 423 g/mol. The van der Waals surface area contributed by atoms with Crippen molar-refractivity contribution < 1.29 is 13.2 Å². The van der Waals surface area contributed by atoms with Gasteiger partial charge in [0.15, 0.2) is 0 Å². The number of aromatic amines is 1. The van der Waals surface area contributed by atoms with Crippen LogP contribution >= 0.6 is 11.3 Å². The third kappa shape index (κ3) is 3.89. The molecule has 150 valence electrons. The second kappa shape index (κ2) is 7.41. The number of rotatable bonds is 4. The van der Waals surface area contributed by atoms with Gasteiger partial charge in [-0.2, -0.15) is 4.31 Å². The van der Waals surface area contributed by atoms with E-state index in [1.807, 2.05) is 22.4 Å². The summed E-state index contributed by atoms with van der Waals surface area (Å²) < 4.78 is 24.8. The predicted molar refractivity (Wildman–Crippen MR) is 106 cm³/mol. The van der Waals surface area contributed by atoms with Crippen molar-refractivity contribution in [1.82, 2.24) is 19.2 Å². The Morgan fingerprint density at radius 2 is 2.21 bits per heavy atom. The smallest absolute Gasteiger partial charge is 0.255 e. The van der Waals surface area contributed by atoms with Gasteiger partial charge in [-0.05, 0) is 17.9 Å². The number of sulfonamides is 1. The van der Waals surface area contributed by atoms with Gasteiger partial charge in [0.1, 0.15) is 5.82 Å². The lowest BCUT2D eigenvalue weighted by atomic mass is 10.1. The topological polar surface area (TPSA) is 103 Å². The summed E-state index contributed by atoms with van der Waals surface area (Å²) in [6.07, 6.45) is 2.73. The van der Waals surface area contributed by atoms with Crippen molar-refractivity contribution in [3.63, 3.8) is 0 Å². The van der Waals surface area contributed by atoms with Gasteiger partial charge in [0.05, 0.1) is 23.9 Å². The van der Waals surface area contributed by atoms with E-state index in [-0.39, 0.29) is 23.9 Å². The minimum absolute atomic E-state index is 0.00165. The molecule has 0 unspecified atom stereocenters. The second-order valence-corrected chi connectivity index (χ2v) is 10.3. The third-order valence-electron chi connectivity index (χ3n) is 5.35. The van der Waals surface area contributed by atoms with Crippen LogP contribution in [0.4, 0.5) is 0 Å². The Balaban J connectivity index is 1.48. The predicted octanol–water partition coefficient (Wildman–Crippen LogP) is 0.708. The summed E-state index contributed by atoms with van der Waals surface area (Å²) in [7, 11) is -3.34. The Morgan fingerprint density at radius 3 is 2.93 bits per heavy atom. The van der Waals surface area contributed by atoms with E-state index >= 15 is 0 Å². The zero-order valence-electron chi connectivity index (χ0n) is 15.6. The number of amides is 1. The van der Waals surface area contributed by atoms with E-state index in [1.165, 1.54) is 4.31 Å². The molecule has 4 heterocycles. The maximum atomic E-state index is 12.5. The van der Waals surface area contributed by atoms with Crippen molar-refractivity contribution >= 4 is 27.3 Å². The average Bonchev–Trinajstić information content (AvgIpc) is 3.32. The standard InChI is InChI=1S/C18H22N4O4S2/c1-28(25,26)22-7-5-15-14(11-22)18(24)20-17(19-15)12-4-6-21(10-12)16(23)9-13-3-2-8-27-13/h2-3,8,12H,4-7,9-11H2,1H3,(H,19,20,24)/t12-/m1/s1. The van der Waals surface area contributed by atoms with E-state index in [1.54, 1.807) is 11.3 Å². The van der Waals surface area contributed by atoms with Gasteiger partial charge in [-0.1, -0.05) is 6.07 Å². The lowest BCUT2D eigenvalue weighted by Gasteiger charge is -2.26. The first-order valence-electron chi connectivity index (χ1n) is 9.18. The van der Waals surface area contributed by atoms with Gasteiger partial charge in [0.2, 0.25) is 15.9 Å². The fourth-order valence-corrected chi connectivity index (χ4v) is 5.26. The van der Waals surface area contributed by atoms with Crippen LogP contribution < -0.4 is 5.56 Å². The highest BCUT2D eigenvalue weighted by atomic mass is 32.2. The molecule has 4 rings (SSSR count). The zero-order valence-corrected chi connectivity index (χ0v) is 17.2. The quantitative estimate of drug-likeness (QED) is 0.782. The molecule has 1 N–H and O–H groups in total. The molecule has 0 bridgehead atoms. The van der Waals surface area contributed by atoms with E-state index in [2.05, 4.69) is 9.97 Å². The van der Waals surface area contributed by atoms with Crippen molar-refractivity contribution in [1.29, 1.82) is 0 Å². The van der Waals surface area contributed by atoms with E-state index in [9.17, 15) is 18.0 Å². The first kappa shape index (κ1) is 19.3. The SMILES string of the molecule is CS(=O)(=O)N1CCc2nc([C@@H]3CCN(C(=O)Cc4cccs4)C3)[nH]c(=O)c2C1. The fourth-order valence-electron chi connectivity index (χ4n) is 3.78. The number of hydrogen-bond donors (Lipinski definition) is 1. The van der Waals surface area contributed by atoms with Gasteiger partial charge in [0, 0.05) is 43.4 Å². The van der Waals surface area contributed by atoms with Crippen LogP contribution in [0, 0.1) is 0 Å². The minimum atomic E-state index is -3.34. The molecular weight excluding hydrogens is 400 g/mol. The maximum absolute atomic E-state index is 12.5. The van der Waals surface area contributed by atoms with E-state index in [0.29, 0.717) is 49.6 Å². The minimum Gasteiger partial charge on any atom is -0.342 e. The molecule has 2 aromatic rings. The molecule has 1 saturated heterocycles. The number of nitrogens with zero attached hydrogens (tertiary/aromatic N) is 3.